The highest BCUT2D eigenvalue weighted by atomic mass is 16.5. The average molecular weight is 292 g/mol. The Labute approximate surface area is 128 Å². The van der Waals surface area contributed by atoms with Crippen LogP contribution in [0.25, 0.3) is 0 Å². The van der Waals surface area contributed by atoms with E-state index in [1.165, 1.54) is 25.7 Å². The number of carbonyl (C=O) groups is 1. The SMILES string of the molecule is COC1=C[C@]2(C)CCCCCCCC[C@H](OC)C(=C1)C2=O. The molecule has 0 heterocycles. The van der Waals surface area contributed by atoms with Crippen molar-refractivity contribution in [3.63, 3.8) is 0 Å². The number of hydrogen-bond donors (Lipinski definition) is 0. The molecule has 0 radical (unpaired) electrons. The van der Waals surface area contributed by atoms with Crippen LogP contribution in [0.3, 0.4) is 0 Å². The summed E-state index contributed by atoms with van der Waals surface area (Å²) in [5.41, 5.74) is 0.353. The van der Waals surface area contributed by atoms with Crippen LogP contribution in [0.4, 0.5) is 0 Å². The molecule has 0 amide bonds. The maximum atomic E-state index is 12.9. The van der Waals surface area contributed by atoms with E-state index in [-0.39, 0.29) is 11.9 Å². The largest absolute Gasteiger partial charge is 0.497 e. The summed E-state index contributed by atoms with van der Waals surface area (Å²) >= 11 is 0. The highest BCUT2D eigenvalue weighted by molar-refractivity contribution is 6.03. The van der Waals surface area contributed by atoms with Crippen LogP contribution in [0.1, 0.15) is 58.3 Å². The third-order valence-corrected chi connectivity index (χ3v) is 4.82. The zero-order valence-electron chi connectivity index (χ0n) is 13.6. The van der Waals surface area contributed by atoms with E-state index < -0.39 is 5.41 Å². The Morgan fingerprint density at radius 3 is 2.43 bits per heavy atom. The molecule has 2 rings (SSSR count). The highest BCUT2D eigenvalue weighted by Gasteiger charge is 2.39. The summed E-state index contributed by atoms with van der Waals surface area (Å²) in [7, 11) is 3.37. The maximum Gasteiger partial charge on any atom is 0.171 e. The number of hydrogen-bond acceptors (Lipinski definition) is 3. The minimum Gasteiger partial charge on any atom is -0.497 e. The first-order valence-electron chi connectivity index (χ1n) is 8.17. The van der Waals surface area contributed by atoms with Gasteiger partial charge >= 0.3 is 0 Å². The molecule has 2 bridgehead atoms. The molecule has 118 valence electrons. The smallest absolute Gasteiger partial charge is 0.171 e. The third kappa shape index (κ3) is 3.76. The molecule has 0 saturated heterocycles. The van der Waals surface area contributed by atoms with Crippen LogP contribution in [0, 0.1) is 5.41 Å². The Morgan fingerprint density at radius 1 is 1.10 bits per heavy atom. The molecule has 0 aromatic rings. The van der Waals surface area contributed by atoms with Gasteiger partial charge in [0.2, 0.25) is 0 Å². The van der Waals surface area contributed by atoms with Crippen molar-refractivity contribution >= 4 is 5.78 Å². The average Bonchev–Trinajstić information content (AvgIpc) is 2.48. The van der Waals surface area contributed by atoms with Gasteiger partial charge in [-0.15, -0.1) is 0 Å². The molecule has 3 heteroatoms. The van der Waals surface area contributed by atoms with Gasteiger partial charge in [0.1, 0.15) is 5.76 Å². The normalized spacial score (nSPS) is 31.6. The van der Waals surface area contributed by atoms with Gasteiger partial charge in [0.15, 0.2) is 5.78 Å². The molecule has 1 fully saturated rings. The molecule has 2 aliphatic rings. The van der Waals surface area contributed by atoms with Gasteiger partial charge in [0.05, 0.1) is 18.6 Å². The van der Waals surface area contributed by atoms with E-state index in [0.717, 1.165) is 37.0 Å². The van der Waals surface area contributed by atoms with Crippen molar-refractivity contribution in [2.45, 2.75) is 64.4 Å². The van der Waals surface area contributed by atoms with Crippen molar-refractivity contribution in [1.82, 2.24) is 0 Å². The fourth-order valence-corrected chi connectivity index (χ4v) is 3.44. The Morgan fingerprint density at radius 2 is 1.76 bits per heavy atom. The quantitative estimate of drug-likeness (QED) is 0.766. The van der Waals surface area contributed by atoms with E-state index in [1.807, 2.05) is 19.1 Å². The number of ketones is 1. The fraction of sp³-hybridized carbons (Fsp3) is 0.722. The second-order valence-electron chi connectivity index (χ2n) is 6.48. The summed E-state index contributed by atoms with van der Waals surface area (Å²) in [4.78, 5) is 12.9. The first kappa shape index (κ1) is 16.3. The molecule has 2 aliphatic carbocycles. The summed E-state index contributed by atoms with van der Waals surface area (Å²) in [6, 6.07) is 0. The molecular formula is C18H28O3. The Bertz CT molecular complexity index is 436. The minimum atomic E-state index is -0.439. The monoisotopic (exact) mass is 292 g/mol. The van der Waals surface area contributed by atoms with E-state index in [2.05, 4.69) is 0 Å². The van der Waals surface area contributed by atoms with Gasteiger partial charge in [-0.1, -0.05) is 38.5 Å². The van der Waals surface area contributed by atoms with Crippen LogP contribution in [0.5, 0.6) is 0 Å². The molecule has 0 N–H and O–H groups in total. The molecule has 21 heavy (non-hydrogen) atoms. The Hall–Kier alpha value is -1.09. The number of fused-ring (bicyclic) bond motifs is 2. The lowest BCUT2D eigenvalue weighted by molar-refractivity contribution is -0.124. The van der Waals surface area contributed by atoms with Crippen molar-refractivity contribution in [3.05, 3.63) is 23.5 Å². The van der Waals surface area contributed by atoms with E-state index >= 15 is 0 Å². The number of rotatable bonds is 2. The summed E-state index contributed by atoms with van der Waals surface area (Å²) in [6.07, 6.45) is 12.8. The molecule has 3 nitrogen and oxygen atoms in total. The zero-order valence-corrected chi connectivity index (χ0v) is 13.6. The molecule has 0 aliphatic heterocycles. The van der Waals surface area contributed by atoms with Gasteiger partial charge in [0, 0.05) is 12.7 Å². The number of Topliss-reactive ketones (excluding diaryl/α,β-unsaturated/α-hetero) is 1. The van der Waals surface area contributed by atoms with Crippen LogP contribution in [-0.2, 0) is 14.3 Å². The summed E-state index contributed by atoms with van der Waals surface area (Å²) in [5, 5.41) is 0. The molecule has 0 aromatic carbocycles. The standard InChI is InChI=1S/C18H28O3/c1-18-11-9-7-5-4-6-8-10-16(21-3)15(17(18)19)12-14(13-18)20-2/h12-13,16H,4-11H2,1-3H3/t16-,18-/m0/s1. The predicted octanol–water partition coefficient (Wildman–Crippen LogP) is 4.18. The van der Waals surface area contributed by atoms with Gasteiger partial charge in [-0.3, -0.25) is 4.79 Å². The van der Waals surface area contributed by atoms with Gasteiger partial charge < -0.3 is 9.47 Å². The van der Waals surface area contributed by atoms with Crippen LogP contribution in [-0.4, -0.2) is 26.1 Å². The minimum absolute atomic E-state index is 0.102. The third-order valence-electron chi connectivity index (χ3n) is 4.82. The van der Waals surface area contributed by atoms with Crippen molar-refractivity contribution in [2.75, 3.05) is 14.2 Å². The summed E-state index contributed by atoms with van der Waals surface area (Å²) < 4.78 is 11.1. The van der Waals surface area contributed by atoms with Gasteiger partial charge in [-0.05, 0) is 31.9 Å². The number of allylic oxidation sites excluding steroid dienone is 2. The van der Waals surface area contributed by atoms with Crippen LogP contribution < -0.4 is 0 Å². The van der Waals surface area contributed by atoms with E-state index in [9.17, 15) is 4.79 Å². The van der Waals surface area contributed by atoms with E-state index in [1.54, 1.807) is 14.2 Å². The Kier molecular flexibility index (Phi) is 5.63. The highest BCUT2D eigenvalue weighted by Crippen LogP contribution is 2.38. The van der Waals surface area contributed by atoms with Crippen molar-refractivity contribution < 1.29 is 14.3 Å². The fourth-order valence-electron chi connectivity index (χ4n) is 3.44. The molecule has 1 saturated carbocycles. The molecule has 0 spiro atoms. The van der Waals surface area contributed by atoms with Gasteiger partial charge in [0.25, 0.3) is 0 Å². The topological polar surface area (TPSA) is 35.5 Å². The van der Waals surface area contributed by atoms with E-state index in [0.29, 0.717) is 0 Å². The zero-order chi connectivity index (χ0) is 15.3. The van der Waals surface area contributed by atoms with Crippen molar-refractivity contribution in [2.24, 2.45) is 5.41 Å². The number of methoxy groups -OCH3 is 2. The molecular weight excluding hydrogens is 264 g/mol. The Balaban J connectivity index is 2.32. The molecule has 0 aromatic heterocycles. The summed E-state index contributed by atoms with van der Waals surface area (Å²) in [6.45, 7) is 2.04. The second kappa shape index (κ2) is 7.26. The lowest BCUT2D eigenvalue weighted by atomic mass is 9.72. The van der Waals surface area contributed by atoms with Crippen LogP contribution in [0.2, 0.25) is 0 Å². The van der Waals surface area contributed by atoms with E-state index in [4.69, 9.17) is 9.47 Å². The lowest BCUT2D eigenvalue weighted by Crippen LogP contribution is -2.35. The molecule has 2 atom stereocenters. The van der Waals surface area contributed by atoms with Crippen molar-refractivity contribution in [1.29, 1.82) is 0 Å². The first-order valence-corrected chi connectivity index (χ1v) is 8.17. The lowest BCUT2D eigenvalue weighted by Gasteiger charge is -2.33. The maximum absolute atomic E-state index is 12.9. The van der Waals surface area contributed by atoms with Gasteiger partial charge in [-0.2, -0.15) is 0 Å². The number of ether oxygens (including phenoxy) is 2. The van der Waals surface area contributed by atoms with Crippen LogP contribution in [0.15, 0.2) is 23.5 Å². The number of carbonyl (C=O) groups excluding carboxylic acids is 1. The molecule has 0 unspecified atom stereocenters. The second-order valence-corrected chi connectivity index (χ2v) is 6.48. The predicted molar refractivity (Wildman–Crippen MR) is 84.0 cm³/mol. The van der Waals surface area contributed by atoms with Crippen molar-refractivity contribution in [3.8, 4) is 0 Å². The van der Waals surface area contributed by atoms with Crippen LogP contribution >= 0.6 is 0 Å². The van der Waals surface area contributed by atoms with Gasteiger partial charge in [-0.25, -0.2) is 0 Å². The first-order chi connectivity index (χ1) is 10.1. The summed E-state index contributed by atoms with van der Waals surface area (Å²) in [5.74, 6) is 1.02.